The van der Waals surface area contributed by atoms with Crippen LogP contribution in [0.2, 0.25) is 0 Å². The van der Waals surface area contributed by atoms with Crippen LogP contribution in [0.1, 0.15) is 42.0 Å². The zero-order valence-electron chi connectivity index (χ0n) is 13.5. The fourth-order valence-corrected chi connectivity index (χ4v) is 4.13. The summed E-state index contributed by atoms with van der Waals surface area (Å²) in [6, 6.07) is 7.79. The second-order valence-electron chi connectivity index (χ2n) is 6.72. The largest absolute Gasteiger partial charge is 0.329 e. The van der Waals surface area contributed by atoms with E-state index in [4.69, 9.17) is 5.73 Å². The van der Waals surface area contributed by atoms with E-state index in [2.05, 4.69) is 41.8 Å². The van der Waals surface area contributed by atoms with Gasteiger partial charge < -0.3 is 5.73 Å². The Bertz CT molecular complexity index is 485. The van der Waals surface area contributed by atoms with Gasteiger partial charge in [0.1, 0.15) is 0 Å². The van der Waals surface area contributed by atoms with Gasteiger partial charge in [-0.3, -0.25) is 9.80 Å². The van der Waals surface area contributed by atoms with Crippen LogP contribution >= 0.6 is 0 Å². The van der Waals surface area contributed by atoms with Gasteiger partial charge in [0.25, 0.3) is 0 Å². The van der Waals surface area contributed by atoms with Gasteiger partial charge in [0.05, 0.1) is 0 Å². The normalized spacial score (nSPS) is 25.6. The van der Waals surface area contributed by atoms with Gasteiger partial charge in [0.2, 0.25) is 0 Å². The lowest BCUT2D eigenvalue weighted by Crippen LogP contribution is -2.40. The molecule has 21 heavy (non-hydrogen) atoms. The summed E-state index contributed by atoms with van der Waals surface area (Å²) in [6.45, 7) is 10.1. The van der Waals surface area contributed by atoms with E-state index in [0.29, 0.717) is 6.04 Å². The molecule has 2 saturated heterocycles. The number of nitrogens with zero attached hydrogens (tertiary/aromatic N) is 2. The molecule has 3 rings (SSSR count). The smallest absolute Gasteiger partial charge is 0.0473 e. The topological polar surface area (TPSA) is 32.5 Å². The quantitative estimate of drug-likeness (QED) is 0.927. The van der Waals surface area contributed by atoms with Crippen LogP contribution < -0.4 is 5.73 Å². The molecular weight excluding hydrogens is 258 g/mol. The van der Waals surface area contributed by atoms with E-state index in [1.54, 1.807) is 0 Å². The number of fused-ring (bicyclic) bond motifs is 1. The number of hydrogen-bond acceptors (Lipinski definition) is 3. The fraction of sp³-hybridized carbons (Fsp3) is 0.667. The Kier molecular flexibility index (Phi) is 4.63. The number of benzene rings is 1. The van der Waals surface area contributed by atoms with Crippen LogP contribution in [0.4, 0.5) is 0 Å². The van der Waals surface area contributed by atoms with Crippen molar-refractivity contribution in [2.75, 3.05) is 32.7 Å². The monoisotopic (exact) mass is 287 g/mol. The molecule has 2 unspecified atom stereocenters. The van der Waals surface area contributed by atoms with Crippen LogP contribution in [-0.4, -0.2) is 48.6 Å². The van der Waals surface area contributed by atoms with Crippen molar-refractivity contribution in [3.8, 4) is 0 Å². The molecule has 0 aliphatic carbocycles. The van der Waals surface area contributed by atoms with Crippen molar-refractivity contribution in [1.29, 1.82) is 0 Å². The Labute approximate surface area is 129 Å². The fourth-order valence-electron chi connectivity index (χ4n) is 4.13. The molecule has 2 aliphatic heterocycles. The summed E-state index contributed by atoms with van der Waals surface area (Å²) in [7, 11) is 0. The van der Waals surface area contributed by atoms with Crippen molar-refractivity contribution in [3.63, 3.8) is 0 Å². The molecule has 1 aromatic carbocycles. The van der Waals surface area contributed by atoms with E-state index in [1.807, 2.05) is 0 Å². The summed E-state index contributed by atoms with van der Waals surface area (Å²) in [4.78, 5) is 5.34. The van der Waals surface area contributed by atoms with Crippen molar-refractivity contribution >= 4 is 0 Å². The average molecular weight is 287 g/mol. The van der Waals surface area contributed by atoms with Crippen LogP contribution in [0.25, 0.3) is 0 Å². The number of hydrogen-bond donors (Lipinski definition) is 1. The van der Waals surface area contributed by atoms with Gasteiger partial charge in [0.15, 0.2) is 0 Å². The molecule has 2 heterocycles. The highest BCUT2D eigenvalue weighted by Crippen LogP contribution is 2.29. The average Bonchev–Trinajstić information content (AvgIpc) is 2.82. The molecule has 0 radical (unpaired) electrons. The lowest BCUT2D eigenvalue weighted by molar-refractivity contribution is 0.175. The standard InChI is InChI=1S/C18H29N3/c1-14-6-3-8-17(15(14)2)18(12-19)21-11-5-10-20-9-4-7-16(20)13-21/h3,6,8,16,18H,4-5,7,9-13,19H2,1-2H3. The van der Waals surface area contributed by atoms with Gasteiger partial charge in [-0.2, -0.15) is 0 Å². The van der Waals surface area contributed by atoms with Crippen LogP contribution in [-0.2, 0) is 0 Å². The summed E-state index contributed by atoms with van der Waals surface area (Å²) >= 11 is 0. The SMILES string of the molecule is Cc1cccc(C(CN)N2CCCN3CCCC3C2)c1C. The van der Waals surface area contributed by atoms with Crippen LogP contribution in [0.15, 0.2) is 18.2 Å². The molecule has 0 spiro atoms. The Hall–Kier alpha value is -0.900. The molecule has 2 atom stereocenters. The van der Waals surface area contributed by atoms with Crippen molar-refractivity contribution in [1.82, 2.24) is 9.80 Å². The Morgan fingerprint density at radius 3 is 2.81 bits per heavy atom. The van der Waals surface area contributed by atoms with Gasteiger partial charge >= 0.3 is 0 Å². The number of rotatable bonds is 3. The van der Waals surface area contributed by atoms with E-state index >= 15 is 0 Å². The molecule has 2 aliphatic rings. The third-order valence-corrected chi connectivity index (χ3v) is 5.50. The Balaban J connectivity index is 1.83. The van der Waals surface area contributed by atoms with Crippen LogP contribution in [0.3, 0.4) is 0 Å². The predicted molar refractivity (Wildman–Crippen MR) is 88.5 cm³/mol. The van der Waals surface area contributed by atoms with Crippen LogP contribution in [0.5, 0.6) is 0 Å². The molecule has 0 aromatic heterocycles. The first kappa shape index (κ1) is 15.0. The van der Waals surface area contributed by atoms with Gasteiger partial charge in [-0.25, -0.2) is 0 Å². The van der Waals surface area contributed by atoms with E-state index in [0.717, 1.165) is 12.6 Å². The third-order valence-electron chi connectivity index (χ3n) is 5.50. The lowest BCUT2D eigenvalue weighted by atomic mass is 9.96. The van der Waals surface area contributed by atoms with Gasteiger partial charge in [0, 0.05) is 31.7 Å². The highest BCUT2D eigenvalue weighted by molar-refractivity contribution is 5.35. The first-order valence-electron chi connectivity index (χ1n) is 8.45. The molecule has 3 heteroatoms. The first-order valence-corrected chi connectivity index (χ1v) is 8.45. The summed E-state index contributed by atoms with van der Waals surface area (Å²) in [5, 5.41) is 0. The first-order chi connectivity index (χ1) is 10.2. The Morgan fingerprint density at radius 2 is 2.00 bits per heavy atom. The van der Waals surface area contributed by atoms with Crippen molar-refractivity contribution in [3.05, 3.63) is 34.9 Å². The van der Waals surface area contributed by atoms with Crippen molar-refractivity contribution in [2.45, 2.75) is 45.2 Å². The zero-order chi connectivity index (χ0) is 14.8. The maximum absolute atomic E-state index is 6.19. The lowest BCUT2D eigenvalue weighted by Gasteiger charge is -2.33. The maximum atomic E-state index is 6.19. The van der Waals surface area contributed by atoms with E-state index in [9.17, 15) is 0 Å². The maximum Gasteiger partial charge on any atom is 0.0473 e. The van der Waals surface area contributed by atoms with Crippen molar-refractivity contribution < 1.29 is 0 Å². The number of aryl methyl sites for hydroxylation is 1. The Morgan fingerprint density at radius 1 is 1.19 bits per heavy atom. The highest BCUT2D eigenvalue weighted by Gasteiger charge is 2.31. The number of nitrogens with two attached hydrogens (primary N) is 1. The molecule has 2 N–H and O–H groups in total. The second kappa shape index (κ2) is 6.47. The minimum atomic E-state index is 0.380. The summed E-state index contributed by atoms with van der Waals surface area (Å²) in [6.07, 6.45) is 4.01. The van der Waals surface area contributed by atoms with Crippen molar-refractivity contribution in [2.24, 2.45) is 5.73 Å². The van der Waals surface area contributed by atoms with E-state index < -0.39 is 0 Å². The minimum Gasteiger partial charge on any atom is -0.329 e. The second-order valence-corrected chi connectivity index (χ2v) is 6.72. The minimum absolute atomic E-state index is 0.380. The zero-order valence-corrected chi connectivity index (χ0v) is 13.5. The summed E-state index contributed by atoms with van der Waals surface area (Å²) in [5.74, 6) is 0. The van der Waals surface area contributed by atoms with Gasteiger partial charge in [-0.05, 0) is 62.9 Å². The highest BCUT2D eigenvalue weighted by atomic mass is 15.3. The van der Waals surface area contributed by atoms with Gasteiger partial charge in [-0.1, -0.05) is 18.2 Å². The third kappa shape index (κ3) is 3.01. The molecular formula is C18H29N3. The van der Waals surface area contributed by atoms with Gasteiger partial charge in [-0.15, -0.1) is 0 Å². The summed E-state index contributed by atoms with van der Waals surface area (Å²) in [5.41, 5.74) is 10.4. The predicted octanol–water partition coefficient (Wildman–Crippen LogP) is 2.47. The summed E-state index contributed by atoms with van der Waals surface area (Å²) < 4.78 is 0. The molecule has 3 nitrogen and oxygen atoms in total. The van der Waals surface area contributed by atoms with Crippen LogP contribution in [0, 0.1) is 13.8 Å². The molecule has 0 bridgehead atoms. The molecule has 116 valence electrons. The molecule has 0 saturated carbocycles. The molecule has 2 fully saturated rings. The molecule has 0 amide bonds. The van der Waals surface area contributed by atoms with E-state index in [-0.39, 0.29) is 0 Å². The molecule has 1 aromatic rings. The van der Waals surface area contributed by atoms with E-state index in [1.165, 1.54) is 62.1 Å².